The van der Waals surface area contributed by atoms with Crippen molar-refractivity contribution in [1.82, 2.24) is 4.98 Å². The lowest BCUT2D eigenvalue weighted by atomic mass is 10.0. The molecule has 0 saturated carbocycles. The second kappa shape index (κ2) is 4.48. The Balaban J connectivity index is 2.00. The van der Waals surface area contributed by atoms with Gasteiger partial charge < -0.3 is 15.5 Å². The normalized spacial score (nSPS) is 16.6. The molecule has 0 radical (unpaired) electrons. The molecule has 2 heterocycles. The number of aromatic amines is 1. The molecule has 5 nitrogen and oxygen atoms in total. The molecule has 0 spiro atoms. The molecule has 1 unspecified atom stereocenters. The van der Waals surface area contributed by atoms with E-state index >= 15 is 0 Å². The molecule has 1 aliphatic heterocycles. The van der Waals surface area contributed by atoms with Crippen LogP contribution in [-0.4, -0.2) is 10.9 Å². The zero-order valence-corrected chi connectivity index (χ0v) is 10.4. The fraction of sp³-hybridized carbons (Fsp3) is 0.143. The lowest BCUT2D eigenvalue weighted by molar-refractivity contribution is 0.0993. The molecule has 1 aromatic carbocycles. The first-order chi connectivity index (χ1) is 9.56. The number of hydrogen-bond donors (Lipinski definition) is 2. The smallest absolute Gasteiger partial charge is 0.264 e. The Bertz CT molecular complexity index is 737. The molecule has 1 aromatic heterocycles. The molecule has 102 valence electrons. The molecule has 0 bridgehead atoms. The topological polar surface area (TPSA) is 85.2 Å². The highest BCUT2D eigenvalue weighted by atomic mass is 19.1. The van der Waals surface area contributed by atoms with Crippen LogP contribution in [0.5, 0.6) is 5.75 Å². The standard InChI is InChI=1S/C14H11FN2O3/c15-9-3-1-7(2-4-9)10-5-8-6-17-14(19)11(13(16)18)12(8)20-10/h1-4,6,10H,5H2,(H2,16,18)(H,17,19). The van der Waals surface area contributed by atoms with Crippen molar-refractivity contribution in [1.29, 1.82) is 0 Å². The molecule has 3 N–H and O–H groups in total. The third kappa shape index (κ3) is 1.95. The maximum atomic E-state index is 12.9. The summed E-state index contributed by atoms with van der Waals surface area (Å²) in [4.78, 5) is 25.4. The number of benzene rings is 1. The number of hydrogen-bond acceptors (Lipinski definition) is 3. The molecule has 0 saturated heterocycles. The Hall–Kier alpha value is -2.63. The number of nitrogens with two attached hydrogens (primary N) is 1. The third-order valence-corrected chi connectivity index (χ3v) is 3.28. The molecule has 6 heteroatoms. The Morgan fingerprint density at radius 3 is 2.70 bits per heavy atom. The summed E-state index contributed by atoms with van der Waals surface area (Å²) in [5.74, 6) is -0.948. The number of rotatable bonds is 2. The van der Waals surface area contributed by atoms with Crippen LogP contribution in [0.1, 0.15) is 27.6 Å². The van der Waals surface area contributed by atoms with E-state index < -0.39 is 11.5 Å². The van der Waals surface area contributed by atoms with Crippen molar-refractivity contribution >= 4 is 5.91 Å². The van der Waals surface area contributed by atoms with E-state index in [0.29, 0.717) is 12.0 Å². The highest BCUT2D eigenvalue weighted by molar-refractivity contribution is 5.95. The molecule has 3 rings (SSSR count). The maximum absolute atomic E-state index is 12.9. The molecule has 1 amide bonds. The quantitative estimate of drug-likeness (QED) is 0.865. The van der Waals surface area contributed by atoms with Crippen molar-refractivity contribution < 1.29 is 13.9 Å². The summed E-state index contributed by atoms with van der Waals surface area (Å²) in [5.41, 5.74) is 5.93. The number of halogens is 1. The predicted octanol–water partition coefficient (Wildman–Crippen LogP) is 1.29. The minimum absolute atomic E-state index is 0.174. The average Bonchev–Trinajstić information content (AvgIpc) is 2.82. The molecule has 0 fully saturated rings. The minimum Gasteiger partial charge on any atom is -0.484 e. The van der Waals surface area contributed by atoms with Crippen molar-refractivity contribution in [2.45, 2.75) is 12.5 Å². The zero-order valence-electron chi connectivity index (χ0n) is 10.4. The van der Waals surface area contributed by atoms with Gasteiger partial charge >= 0.3 is 0 Å². The Morgan fingerprint density at radius 2 is 2.05 bits per heavy atom. The Labute approximate surface area is 113 Å². The van der Waals surface area contributed by atoms with Crippen molar-refractivity contribution in [3.63, 3.8) is 0 Å². The molecule has 2 aromatic rings. The van der Waals surface area contributed by atoms with Gasteiger partial charge in [-0.3, -0.25) is 9.59 Å². The SMILES string of the molecule is NC(=O)c1c2c(c[nH]c1=O)CC(c1ccc(F)cc1)O2. The Morgan fingerprint density at radius 1 is 1.35 bits per heavy atom. The summed E-state index contributed by atoms with van der Waals surface area (Å²) in [6, 6.07) is 5.89. The number of aromatic nitrogens is 1. The average molecular weight is 274 g/mol. The van der Waals surface area contributed by atoms with Gasteiger partial charge in [-0.1, -0.05) is 12.1 Å². The van der Waals surface area contributed by atoms with Crippen LogP contribution in [0, 0.1) is 5.82 Å². The van der Waals surface area contributed by atoms with Gasteiger partial charge in [0, 0.05) is 18.2 Å². The summed E-state index contributed by atoms with van der Waals surface area (Å²) in [6.07, 6.45) is 1.63. The molecular weight excluding hydrogens is 263 g/mol. The number of carbonyl (C=O) groups is 1. The van der Waals surface area contributed by atoms with Crippen LogP contribution < -0.4 is 16.0 Å². The van der Waals surface area contributed by atoms with Gasteiger partial charge in [0.25, 0.3) is 11.5 Å². The summed E-state index contributed by atoms with van der Waals surface area (Å²) in [6.45, 7) is 0. The van der Waals surface area contributed by atoms with Gasteiger partial charge in [-0.05, 0) is 17.7 Å². The van der Waals surface area contributed by atoms with E-state index in [0.717, 1.165) is 5.56 Å². The van der Waals surface area contributed by atoms with Crippen LogP contribution in [0.25, 0.3) is 0 Å². The van der Waals surface area contributed by atoms with Crippen molar-refractivity contribution in [3.8, 4) is 5.75 Å². The van der Waals surface area contributed by atoms with Crippen LogP contribution in [0.4, 0.5) is 4.39 Å². The van der Waals surface area contributed by atoms with Gasteiger partial charge in [0.05, 0.1) is 0 Å². The van der Waals surface area contributed by atoms with Gasteiger partial charge in [0.1, 0.15) is 23.2 Å². The van der Waals surface area contributed by atoms with E-state index in [4.69, 9.17) is 10.5 Å². The van der Waals surface area contributed by atoms with E-state index in [-0.39, 0.29) is 23.2 Å². The molecule has 20 heavy (non-hydrogen) atoms. The van der Waals surface area contributed by atoms with E-state index in [2.05, 4.69) is 4.98 Å². The van der Waals surface area contributed by atoms with Crippen LogP contribution in [0.15, 0.2) is 35.3 Å². The third-order valence-electron chi connectivity index (χ3n) is 3.28. The van der Waals surface area contributed by atoms with Gasteiger partial charge in [-0.15, -0.1) is 0 Å². The highest BCUT2D eigenvalue weighted by Crippen LogP contribution is 2.37. The predicted molar refractivity (Wildman–Crippen MR) is 69.1 cm³/mol. The van der Waals surface area contributed by atoms with Crippen LogP contribution in [0.3, 0.4) is 0 Å². The number of H-pyrrole nitrogens is 1. The van der Waals surface area contributed by atoms with E-state index in [1.807, 2.05) is 0 Å². The van der Waals surface area contributed by atoms with E-state index in [1.165, 1.54) is 18.3 Å². The maximum Gasteiger partial charge on any atom is 0.264 e. The molecule has 1 aliphatic rings. The number of nitrogens with one attached hydrogen (secondary N) is 1. The Kier molecular flexibility index (Phi) is 2.78. The van der Waals surface area contributed by atoms with Gasteiger partial charge in [-0.25, -0.2) is 4.39 Å². The highest BCUT2D eigenvalue weighted by Gasteiger charge is 2.30. The fourth-order valence-corrected chi connectivity index (χ4v) is 2.31. The monoisotopic (exact) mass is 274 g/mol. The molecular formula is C14H11FN2O3. The lowest BCUT2D eigenvalue weighted by Gasteiger charge is -2.11. The van der Waals surface area contributed by atoms with Crippen LogP contribution in [-0.2, 0) is 6.42 Å². The second-order valence-corrected chi connectivity index (χ2v) is 4.57. The fourth-order valence-electron chi connectivity index (χ4n) is 2.31. The number of carbonyl (C=O) groups excluding carboxylic acids is 1. The van der Waals surface area contributed by atoms with Gasteiger partial charge in [-0.2, -0.15) is 0 Å². The number of pyridine rings is 1. The number of primary amides is 1. The van der Waals surface area contributed by atoms with Crippen LogP contribution >= 0.6 is 0 Å². The lowest BCUT2D eigenvalue weighted by Crippen LogP contribution is -2.24. The van der Waals surface area contributed by atoms with Crippen LogP contribution in [0.2, 0.25) is 0 Å². The van der Waals surface area contributed by atoms with Crippen molar-refractivity contribution in [2.24, 2.45) is 5.73 Å². The van der Waals surface area contributed by atoms with Crippen molar-refractivity contribution in [3.05, 3.63) is 63.3 Å². The zero-order chi connectivity index (χ0) is 14.3. The minimum atomic E-state index is -0.831. The first-order valence-electron chi connectivity index (χ1n) is 6.02. The number of fused-ring (bicyclic) bond motifs is 1. The van der Waals surface area contributed by atoms with Crippen molar-refractivity contribution in [2.75, 3.05) is 0 Å². The number of amides is 1. The summed E-state index contributed by atoms with van der Waals surface area (Å²) in [5, 5.41) is 0. The first kappa shape index (κ1) is 12.4. The van der Waals surface area contributed by atoms with Gasteiger partial charge in [0.2, 0.25) is 0 Å². The second-order valence-electron chi connectivity index (χ2n) is 4.57. The van der Waals surface area contributed by atoms with Gasteiger partial charge in [0.15, 0.2) is 0 Å². The summed E-state index contributed by atoms with van der Waals surface area (Å²) in [7, 11) is 0. The molecule has 0 aliphatic carbocycles. The largest absolute Gasteiger partial charge is 0.484 e. The first-order valence-corrected chi connectivity index (χ1v) is 6.02. The molecule has 1 atom stereocenters. The van der Waals surface area contributed by atoms with E-state index in [9.17, 15) is 14.0 Å². The number of ether oxygens (including phenoxy) is 1. The van der Waals surface area contributed by atoms with E-state index in [1.54, 1.807) is 12.1 Å². The summed E-state index contributed by atoms with van der Waals surface area (Å²) >= 11 is 0. The summed E-state index contributed by atoms with van der Waals surface area (Å²) < 4.78 is 18.6.